The van der Waals surface area contributed by atoms with Gasteiger partial charge in [-0.15, -0.1) is 23.1 Å². The first-order valence-electron chi connectivity index (χ1n) is 3.68. The van der Waals surface area contributed by atoms with Crippen molar-refractivity contribution in [2.75, 3.05) is 6.26 Å². The van der Waals surface area contributed by atoms with Gasteiger partial charge in [-0.05, 0) is 18.4 Å². The summed E-state index contributed by atoms with van der Waals surface area (Å²) in [4.78, 5) is 5.16. The van der Waals surface area contributed by atoms with Crippen LogP contribution in [0.1, 0.15) is 5.56 Å². The Morgan fingerprint density at radius 2 is 2.46 bits per heavy atom. The standard InChI is InChI=1S/C9H6N2S2/c1-12-9-7(5-10)6-3-2-4-11-8(6)13-9/h2-4H,1H3. The summed E-state index contributed by atoms with van der Waals surface area (Å²) < 4.78 is 1.05. The van der Waals surface area contributed by atoms with Gasteiger partial charge in [0, 0.05) is 11.6 Å². The monoisotopic (exact) mass is 206 g/mol. The molecule has 0 bridgehead atoms. The molecule has 13 heavy (non-hydrogen) atoms. The molecule has 0 aliphatic rings. The Hall–Kier alpha value is -1.05. The van der Waals surface area contributed by atoms with Crippen LogP contribution in [-0.4, -0.2) is 11.2 Å². The lowest BCUT2D eigenvalue weighted by molar-refractivity contribution is 1.44. The van der Waals surface area contributed by atoms with Crippen LogP contribution in [0.5, 0.6) is 0 Å². The Bertz CT molecular complexity index is 482. The van der Waals surface area contributed by atoms with Crippen LogP contribution in [0.15, 0.2) is 22.5 Å². The minimum atomic E-state index is 0.764. The van der Waals surface area contributed by atoms with E-state index in [1.165, 1.54) is 0 Å². The van der Waals surface area contributed by atoms with Crippen LogP contribution >= 0.6 is 23.1 Å². The van der Waals surface area contributed by atoms with Crippen molar-refractivity contribution in [3.63, 3.8) is 0 Å². The lowest BCUT2D eigenvalue weighted by Crippen LogP contribution is -1.73. The van der Waals surface area contributed by atoms with Gasteiger partial charge in [-0.1, -0.05) is 0 Å². The van der Waals surface area contributed by atoms with Gasteiger partial charge in [0.05, 0.1) is 9.77 Å². The molecule has 2 rings (SSSR count). The number of thiophene rings is 1. The average Bonchev–Trinajstić information content (AvgIpc) is 2.55. The average molecular weight is 206 g/mol. The van der Waals surface area contributed by atoms with E-state index in [4.69, 9.17) is 5.26 Å². The molecule has 0 atom stereocenters. The first-order chi connectivity index (χ1) is 6.36. The van der Waals surface area contributed by atoms with E-state index in [9.17, 15) is 0 Å². The van der Waals surface area contributed by atoms with Gasteiger partial charge >= 0.3 is 0 Å². The fourth-order valence-corrected chi connectivity index (χ4v) is 2.92. The van der Waals surface area contributed by atoms with Gasteiger partial charge in [-0.2, -0.15) is 5.26 Å². The topological polar surface area (TPSA) is 36.7 Å². The van der Waals surface area contributed by atoms with Crippen molar-refractivity contribution in [3.8, 4) is 6.07 Å². The minimum absolute atomic E-state index is 0.764. The summed E-state index contributed by atoms with van der Waals surface area (Å²) in [6.07, 6.45) is 3.73. The molecule has 0 unspecified atom stereocenters. The zero-order chi connectivity index (χ0) is 9.26. The fraction of sp³-hybridized carbons (Fsp3) is 0.111. The quantitative estimate of drug-likeness (QED) is 0.673. The van der Waals surface area contributed by atoms with E-state index in [0.29, 0.717) is 0 Å². The smallest absolute Gasteiger partial charge is 0.125 e. The third kappa shape index (κ3) is 1.30. The fourth-order valence-electron chi connectivity index (χ4n) is 1.16. The van der Waals surface area contributed by atoms with Crippen molar-refractivity contribution in [2.45, 2.75) is 4.21 Å². The number of pyridine rings is 1. The maximum Gasteiger partial charge on any atom is 0.125 e. The molecule has 0 fully saturated rings. The third-order valence-corrected chi connectivity index (χ3v) is 3.96. The highest BCUT2D eigenvalue weighted by Gasteiger charge is 2.10. The van der Waals surface area contributed by atoms with Crippen LogP contribution in [0.4, 0.5) is 0 Å². The van der Waals surface area contributed by atoms with Crippen LogP contribution in [0.2, 0.25) is 0 Å². The molecular formula is C9H6N2S2. The summed E-state index contributed by atoms with van der Waals surface area (Å²) in [6.45, 7) is 0. The van der Waals surface area contributed by atoms with Crippen LogP contribution in [-0.2, 0) is 0 Å². The summed E-state index contributed by atoms with van der Waals surface area (Å²) in [5, 5.41) is 9.92. The van der Waals surface area contributed by atoms with Gasteiger partial charge in [0.15, 0.2) is 0 Å². The number of nitrogens with zero attached hydrogens (tertiary/aromatic N) is 2. The number of rotatable bonds is 1. The van der Waals surface area contributed by atoms with E-state index in [2.05, 4.69) is 11.1 Å². The van der Waals surface area contributed by atoms with Gasteiger partial charge < -0.3 is 0 Å². The second-order valence-corrected chi connectivity index (χ2v) is 4.51. The van der Waals surface area contributed by atoms with E-state index in [0.717, 1.165) is 20.0 Å². The molecule has 0 radical (unpaired) electrons. The lowest BCUT2D eigenvalue weighted by Gasteiger charge is -1.87. The number of thioether (sulfide) groups is 1. The van der Waals surface area contributed by atoms with E-state index < -0.39 is 0 Å². The molecule has 0 saturated carbocycles. The van der Waals surface area contributed by atoms with Crippen LogP contribution < -0.4 is 0 Å². The summed E-state index contributed by atoms with van der Waals surface area (Å²) in [6, 6.07) is 6.02. The van der Waals surface area contributed by atoms with E-state index >= 15 is 0 Å². The number of aromatic nitrogens is 1. The summed E-state index contributed by atoms with van der Waals surface area (Å²) in [5.41, 5.74) is 0.764. The Labute approximate surface area is 84.2 Å². The molecule has 4 heteroatoms. The molecule has 0 aliphatic heterocycles. The predicted octanol–water partition coefficient (Wildman–Crippen LogP) is 2.89. The normalized spacial score (nSPS) is 10.2. The molecule has 2 heterocycles. The first kappa shape index (κ1) is 8.54. The molecule has 0 saturated heterocycles. The highest BCUT2D eigenvalue weighted by atomic mass is 32.2. The minimum Gasteiger partial charge on any atom is -0.245 e. The van der Waals surface area contributed by atoms with Crippen molar-refractivity contribution >= 4 is 33.3 Å². The highest BCUT2D eigenvalue weighted by molar-refractivity contribution is 8.00. The SMILES string of the molecule is CSc1sc2ncccc2c1C#N. The van der Waals surface area contributed by atoms with E-state index in [-0.39, 0.29) is 0 Å². The Balaban J connectivity index is 2.83. The van der Waals surface area contributed by atoms with Crippen LogP contribution in [0.25, 0.3) is 10.2 Å². The molecular weight excluding hydrogens is 200 g/mol. The number of nitriles is 1. The molecule has 0 aliphatic carbocycles. The highest BCUT2D eigenvalue weighted by Crippen LogP contribution is 2.34. The Morgan fingerprint density at radius 1 is 1.62 bits per heavy atom. The Kier molecular flexibility index (Phi) is 2.21. The summed E-state index contributed by atoms with van der Waals surface area (Å²) in [5.74, 6) is 0. The van der Waals surface area contributed by atoms with Gasteiger partial charge in [0.25, 0.3) is 0 Å². The largest absolute Gasteiger partial charge is 0.245 e. The summed E-state index contributed by atoms with van der Waals surface area (Å²) >= 11 is 3.18. The van der Waals surface area contributed by atoms with Gasteiger partial charge in [0.2, 0.25) is 0 Å². The molecule has 0 N–H and O–H groups in total. The first-order valence-corrected chi connectivity index (χ1v) is 5.72. The third-order valence-electron chi connectivity index (χ3n) is 1.73. The second-order valence-electron chi connectivity index (χ2n) is 2.44. The van der Waals surface area contributed by atoms with E-state index in [1.54, 1.807) is 29.3 Å². The molecule has 2 aromatic heterocycles. The van der Waals surface area contributed by atoms with Crippen LogP contribution in [0, 0.1) is 11.3 Å². The Morgan fingerprint density at radius 3 is 3.15 bits per heavy atom. The van der Waals surface area contributed by atoms with Gasteiger partial charge in [0.1, 0.15) is 10.9 Å². The van der Waals surface area contributed by atoms with Crippen molar-refractivity contribution in [1.82, 2.24) is 4.98 Å². The molecule has 2 nitrogen and oxygen atoms in total. The molecule has 2 aromatic rings. The van der Waals surface area contributed by atoms with Gasteiger partial charge in [-0.3, -0.25) is 0 Å². The van der Waals surface area contributed by atoms with Crippen molar-refractivity contribution < 1.29 is 0 Å². The predicted molar refractivity (Wildman–Crippen MR) is 56.1 cm³/mol. The maximum absolute atomic E-state index is 8.95. The van der Waals surface area contributed by atoms with Crippen molar-refractivity contribution in [3.05, 3.63) is 23.9 Å². The van der Waals surface area contributed by atoms with Crippen LogP contribution in [0.3, 0.4) is 0 Å². The number of hydrogen-bond donors (Lipinski definition) is 0. The van der Waals surface area contributed by atoms with Crippen molar-refractivity contribution in [1.29, 1.82) is 5.26 Å². The molecule has 64 valence electrons. The number of fused-ring (bicyclic) bond motifs is 1. The number of hydrogen-bond acceptors (Lipinski definition) is 4. The van der Waals surface area contributed by atoms with Gasteiger partial charge in [-0.25, -0.2) is 4.98 Å². The zero-order valence-corrected chi connectivity index (χ0v) is 8.58. The van der Waals surface area contributed by atoms with E-state index in [1.807, 2.05) is 18.4 Å². The summed E-state index contributed by atoms with van der Waals surface area (Å²) in [7, 11) is 0. The zero-order valence-electron chi connectivity index (χ0n) is 6.94. The molecule has 0 aromatic carbocycles. The molecule has 0 amide bonds. The van der Waals surface area contributed by atoms with Crippen molar-refractivity contribution in [2.24, 2.45) is 0 Å². The molecule has 0 spiro atoms. The second kappa shape index (κ2) is 3.36. The maximum atomic E-state index is 8.95. The lowest BCUT2D eigenvalue weighted by atomic mass is 10.2.